The van der Waals surface area contributed by atoms with Gasteiger partial charge in [-0.25, -0.2) is 9.97 Å². The van der Waals surface area contributed by atoms with Crippen LogP contribution < -0.4 is 20.1 Å². The van der Waals surface area contributed by atoms with Crippen LogP contribution in [0.3, 0.4) is 0 Å². The van der Waals surface area contributed by atoms with E-state index in [9.17, 15) is 10.1 Å². The van der Waals surface area contributed by atoms with Crippen molar-refractivity contribution >= 4 is 44.6 Å². The van der Waals surface area contributed by atoms with Crippen LogP contribution in [0.4, 0.5) is 28.7 Å². The third kappa shape index (κ3) is 3.81. The fraction of sp³-hybridized carbons (Fsp3) is 0.111. The van der Waals surface area contributed by atoms with Gasteiger partial charge in [-0.1, -0.05) is 15.9 Å². The lowest BCUT2D eigenvalue weighted by Gasteiger charge is -2.19. The lowest BCUT2D eigenvalue weighted by molar-refractivity contribution is -0.383. The zero-order chi connectivity index (χ0) is 19.5. The van der Waals surface area contributed by atoms with Crippen molar-refractivity contribution in [3.8, 4) is 11.5 Å². The van der Waals surface area contributed by atoms with Crippen molar-refractivity contribution in [2.24, 2.45) is 0 Å². The molecule has 3 aromatic rings. The fourth-order valence-corrected chi connectivity index (χ4v) is 2.93. The van der Waals surface area contributed by atoms with Crippen molar-refractivity contribution in [2.75, 3.05) is 23.8 Å². The van der Waals surface area contributed by atoms with E-state index in [-0.39, 0.29) is 17.3 Å². The van der Waals surface area contributed by atoms with Gasteiger partial charge < -0.3 is 20.1 Å². The number of hydrogen-bond acceptors (Lipinski definition) is 8. The molecule has 2 N–H and O–H groups in total. The Morgan fingerprint density at radius 1 is 0.929 bits per heavy atom. The predicted molar refractivity (Wildman–Crippen MR) is 107 cm³/mol. The standard InChI is InChI=1S/C18H14BrN5O4/c19-11-1-3-12(4-2-11)22-17-16(24(25)26)18(21-10-20-17)23-13-5-6-14-15(9-13)28-8-7-27-14/h1-6,9-10H,7-8H2,(H2,20,21,22,23). The largest absolute Gasteiger partial charge is 0.486 e. The number of anilines is 4. The van der Waals surface area contributed by atoms with Gasteiger partial charge in [0.1, 0.15) is 19.5 Å². The molecule has 1 aliphatic heterocycles. The maximum absolute atomic E-state index is 11.7. The van der Waals surface area contributed by atoms with Crippen LogP contribution in [0.2, 0.25) is 0 Å². The highest BCUT2D eigenvalue weighted by Crippen LogP contribution is 2.36. The van der Waals surface area contributed by atoms with Crippen LogP contribution in [0.25, 0.3) is 0 Å². The monoisotopic (exact) mass is 443 g/mol. The van der Waals surface area contributed by atoms with Gasteiger partial charge >= 0.3 is 5.69 Å². The highest BCUT2D eigenvalue weighted by molar-refractivity contribution is 9.10. The SMILES string of the molecule is O=[N+]([O-])c1c(Nc2ccc(Br)cc2)ncnc1Nc1ccc2c(c1)OCCO2. The van der Waals surface area contributed by atoms with Crippen LogP contribution in [0, 0.1) is 10.1 Å². The van der Waals surface area contributed by atoms with E-state index >= 15 is 0 Å². The molecule has 1 aromatic heterocycles. The van der Waals surface area contributed by atoms with E-state index in [0.717, 1.165) is 4.47 Å². The first-order valence-electron chi connectivity index (χ1n) is 8.29. The zero-order valence-corrected chi connectivity index (χ0v) is 16.0. The Kier molecular flexibility index (Phi) is 4.94. The van der Waals surface area contributed by atoms with Crippen LogP contribution in [0.1, 0.15) is 0 Å². The summed E-state index contributed by atoms with van der Waals surface area (Å²) in [6.07, 6.45) is 1.26. The number of halogens is 1. The second-order valence-electron chi connectivity index (χ2n) is 5.79. The Hall–Kier alpha value is -3.40. The molecular formula is C18H14BrN5O4. The molecule has 142 valence electrons. The van der Waals surface area contributed by atoms with E-state index in [2.05, 4.69) is 36.5 Å². The Balaban J connectivity index is 1.65. The number of nitro groups is 1. The average molecular weight is 444 g/mol. The first-order valence-corrected chi connectivity index (χ1v) is 9.08. The number of nitrogens with zero attached hydrogens (tertiary/aromatic N) is 3. The summed E-state index contributed by atoms with van der Waals surface area (Å²) >= 11 is 3.35. The van der Waals surface area contributed by atoms with E-state index < -0.39 is 4.92 Å². The minimum atomic E-state index is -0.526. The summed E-state index contributed by atoms with van der Waals surface area (Å²) in [5.74, 6) is 1.35. The van der Waals surface area contributed by atoms with E-state index in [1.54, 1.807) is 30.3 Å². The molecule has 9 nitrogen and oxygen atoms in total. The van der Waals surface area contributed by atoms with E-state index in [1.807, 2.05) is 12.1 Å². The van der Waals surface area contributed by atoms with Gasteiger partial charge in [-0.15, -0.1) is 0 Å². The summed E-state index contributed by atoms with van der Waals surface area (Å²) in [5.41, 5.74) is 0.983. The molecule has 0 atom stereocenters. The summed E-state index contributed by atoms with van der Waals surface area (Å²) in [7, 11) is 0. The number of hydrogen-bond donors (Lipinski definition) is 2. The first-order chi connectivity index (χ1) is 13.6. The van der Waals surface area contributed by atoms with Gasteiger partial charge in [-0.05, 0) is 36.4 Å². The van der Waals surface area contributed by atoms with Gasteiger partial charge in [0.25, 0.3) is 0 Å². The number of nitrogens with one attached hydrogen (secondary N) is 2. The average Bonchev–Trinajstić information content (AvgIpc) is 2.69. The second-order valence-corrected chi connectivity index (χ2v) is 6.71. The van der Waals surface area contributed by atoms with Gasteiger partial charge in [0.15, 0.2) is 11.5 Å². The number of ether oxygens (including phenoxy) is 2. The van der Waals surface area contributed by atoms with Crippen LogP contribution >= 0.6 is 15.9 Å². The van der Waals surface area contributed by atoms with Crippen molar-refractivity contribution in [1.29, 1.82) is 0 Å². The fourth-order valence-electron chi connectivity index (χ4n) is 2.66. The molecule has 4 rings (SSSR count). The molecule has 0 radical (unpaired) electrons. The highest BCUT2D eigenvalue weighted by atomic mass is 79.9. The Bertz CT molecular complexity index is 1030. The molecule has 10 heteroatoms. The third-order valence-corrected chi connectivity index (χ3v) is 4.45. The molecule has 0 saturated heterocycles. The van der Waals surface area contributed by atoms with Gasteiger partial charge in [-0.2, -0.15) is 0 Å². The Morgan fingerprint density at radius 2 is 1.54 bits per heavy atom. The van der Waals surface area contributed by atoms with Gasteiger partial charge in [0.2, 0.25) is 11.6 Å². The summed E-state index contributed by atoms with van der Waals surface area (Å²) in [6.45, 7) is 0.938. The highest BCUT2D eigenvalue weighted by Gasteiger charge is 2.24. The molecule has 0 fully saturated rings. The van der Waals surface area contributed by atoms with Crippen molar-refractivity contribution < 1.29 is 14.4 Å². The van der Waals surface area contributed by atoms with Crippen molar-refractivity contribution in [3.63, 3.8) is 0 Å². The second kappa shape index (κ2) is 7.69. The summed E-state index contributed by atoms with van der Waals surface area (Å²) in [6, 6.07) is 12.4. The van der Waals surface area contributed by atoms with Crippen LogP contribution in [-0.4, -0.2) is 28.1 Å². The number of fused-ring (bicyclic) bond motifs is 1. The maximum Gasteiger partial charge on any atom is 0.353 e. The smallest absolute Gasteiger partial charge is 0.353 e. The maximum atomic E-state index is 11.7. The van der Waals surface area contributed by atoms with Crippen molar-refractivity contribution in [1.82, 2.24) is 9.97 Å². The predicted octanol–water partition coefficient (Wildman–Crippen LogP) is 4.41. The molecule has 2 heterocycles. The van der Waals surface area contributed by atoms with Crippen LogP contribution in [-0.2, 0) is 0 Å². The topological polar surface area (TPSA) is 111 Å². The number of aromatic nitrogens is 2. The van der Waals surface area contributed by atoms with Gasteiger partial charge in [0, 0.05) is 21.9 Å². The third-order valence-electron chi connectivity index (χ3n) is 3.92. The van der Waals surface area contributed by atoms with E-state index in [0.29, 0.717) is 36.1 Å². The number of benzene rings is 2. The summed E-state index contributed by atoms with van der Waals surface area (Å²) in [4.78, 5) is 19.2. The molecule has 2 aromatic carbocycles. The van der Waals surface area contributed by atoms with Crippen LogP contribution in [0.15, 0.2) is 53.3 Å². The Morgan fingerprint density at radius 3 is 2.21 bits per heavy atom. The van der Waals surface area contributed by atoms with Crippen LogP contribution in [0.5, 0.6) is 11.5 Å². The lowest BCUT2D eigenvalue weighted by atomic mass is 10.2. The molecule has 0 unspecified atom stereocenters. The minimum Gasteiger partial charge on any atom is -0.486 e. The Labute approximate surface area is 168 Å². The zero-order valence-electron chi connectivity index (χ0n) is 14.4. The van der Waals surface area contributed by atoms with Gasteiger partial charge in [-0.3, -0.25) is 10.1 Å². The summed E-state index contributed by atoms with van der Waals surface area (Å²) in [5, 5.41) is 17.6. The first kappa shape index (κ1) is 18.0. The molecule has 0 aliphatic carbocycles. The molecule has 1 aliphatic rings. The van der Waals surface area contributed by atoms with Crippen molar-refractivity contribution in [3.05, 3.63) is 63.4 Å². The lowest BCUT2D eigenvalue weighted by Crippen LogP contribution is -2.15. The molecule has 0 amide bonds. The van der Waals surface area contributed by atoms with E-state index in [1.165, 1.54) is 6.33 Å². The van der Waals surface area contributed by atoms with E-state index in [4.69, 9.17) is 9.47 Å². The summed E-state index contributed by atoms with van der Waals surface area (Å²) < 4.78 is 11.9. The molecule has 0 bridgehead atoms. The molecule has 0 saturated carbocycles. The quantitative estimate of drug-likeness (QED) is 0.440. The van der Waals surface area contributed by atoms with Gasteiger partial charge in [0.05, 0.1) is 4.92 Å². The molecular weight excluding hydrogens is 430 g/mol. The normalized spacial score (nSPS) is 12.3. The molecule has 28 heavy (non-hydrogen) atoms. The van der Waals surface area contributed by atoms with Crippen molar-refractivity contribution in [2.45, 2.75) is 0 Å². The minimum absolute atomic E-state index is 0.0660. The molecule has 0 spiro atoms. The number of rotatable bonds is 5.